The van der Waals surface area contributed by atoms with Crippen LogP contribution in [-0.2, 0) is 6.54 Å². The Kier molecular flexibility index (Phi) is 13.1. The SMILES string of the molecule is C=N\C(=C/C(=N\Cc1ccc2ccccc2c1)C1=C/CC2=C(C=CCC2)/C=C\C=C\C/C=C\1)C(=C)/C=C(\C=C/C)C(/C=C\C)=C/N. The Balaban J connectivity index is 1.82. The van der Waals surface area contributed by atoms with Gasteiger partial charge in [0.1, 0.15) is 0 Å². The van der Waals surface area contributed by atoms with Gasteiger partial charge in [-0.05, 0) is 109 Å². The lowest BCUT2D eigenvalue weighted by molar-refractivity contribution is 0.911. The van der Waals surface area contributed by atoms with Gasteiger partial charge in [-0.3, -0.25) is 9.98 Å². The molecule has 2 aliphatic rings. The summed E-state index contributed by atoms with van der Waals surface area (Å²) in [6.45, 7) is 12.8. The van der Waals surface area contributed by atoms with E-state index in [0.717, 1.165) is 59.3 Å². The van der Waals surface area contributed by atoms with E-state index in [1.807, 2.05) is 50.3 Å². The monoisotopic (exact) mass is 603 g/mol. The van der Waals surface area contributed by atoms with Crippen LogP contribution >= 0.6 is 0 Å². The van der Waals surface area contributed by atoms with E-state index in [1.54, 1.807) is 6.20 Å². The van der Waals surface area contributed by atoms with Crippen molar-refractivity contribution in [2.45, 2.75) is 46.1 Å². The van der Waals surface area contributed by atoms with Crippen molar-refractivity contribution in [1.82, 2.24) is 0 Å². The van der Waals surface area contributed by atoms with Crippen molar-refractivity contribution in [3.8, 4) is 0 Å². The Morgan fingerprint density at radius 2 is 1.70 bits per heavy atom. The van der Waals surface area contributed by atoms with Crippen LogP contribution in [0.3, 0.4) is 0 Å². The number of benzene rings is 2. The van der Waals surface area contributed by atoms with E-state index in [9.17, 15) is 0 Å². The average molecular weight is 604 g/mol. The molecule has 0 atom stereocenters. The number of hydrogen-bond acceptors (Lipinski definition) is 3. The predicted molar refractivity (Wildman–Crippen MR) is 202 cm³/mol. The maximum Gasteiger partial charge on any atom is 0.0710 e. The molecule has 0 saturated heterocycles. The van der Waals surface area contributed by atoms with Crippen molar-refractivity contribution in [2.75, 3.05) is 0 Å². The summed E-state index contributed by atoms with van der Waals surface area (Å²) in [6.07, 6.45) is 37.1. The van der Waals surface area contributed by atoms with E-state index < -0.39 is 0 Å². The fraction of sp³-hybridized carbons (Fsp3) is 0.163. The average Bonchev–Trinajstić information content (AvgIpc) is 3.07. The summed E-state index contributed by atoms with van der Waals surface area (Å²) < 4.78 is 0. The topological polar surface area (TPSA) is 50.7 Å². The molecule has 0 unspecified atom stereocenters. The summed E-state index contributed by atoms with van der Waals surface area (Å²) >= 11 is 0. The number of rotatable bonds is 10. The molecule has 2 N–H and O–H groups in total. The lowest BCUT2D eigenvalue weighted by atomic mass is 9.93. The molecular weight excluding hydrogens is 558 g/mol. The van der Waals surface area contributed by atoms with Gasteiger partial charge >= 0.3 is 0 Å². The van der Waals surface area contributed by atoms with Gasteiger partial charge in [-0.2, -0.15) is 0 Å². The van der Waals surface area contributed by atoms with Gasteiger partial charge in [-0.15, -0.1) is 0 Å². The Labute approximate surface area is 275 Å². The first kappa shape index (κ1) is 33.6. The van der Waals surface area contributed by atoms with Crippen LogP contribution in [0.2, 0.25) is 0 Å². The van der Waals surface area contributed by atoms with Crippen LogP contribution in [0.4, 0.5) is 0 Å². The first-order chi connectivity index (χ1) is 22.6. The first-order valence-electron chi connectivity index (χ1n) is 15.9. The van der Waals surface area contributed by atoms with Crippen LogP contribution < -0.4 is 5.73 Å². The summed E-state index contributed by atoms with van der Waals surface area (Å²) in [5.74, 6) is 0. The Morgan fingerprint density at radius 1 is 0.891 bits per heavy atom. The van der Waals surface area contributed by atoms with E-state index in [-0.39, 0.29) is 0 Å². The molecule has 2 aromatic carbocycles. The molecule has 46 heavy (non-hydrogen) atoms. The van der Waals surface area contributed by atoms with Gasteiger partial charge in [0.2, 0.25) is 0 Å². The molecule has 2 aliphatic carbocycles. The minimum Gasteiger partial charge on any atom is -0.404 e. The van der Waals surface area contributed by atoms with Crippen LogP contribution in [0.5, 0.6) is 0 Å². The lowest BCUT2D eigenvalue weighted by Gasteiger charge is -2.14. The zero-order chi connectivity index (χ0) is 32.6. The molecule has 0 aliphatic heterocycles. The van der Waals surface area contributed by atoms with Crippen molar-refractivity contribution >= 4 is 23.2 Å². The lowest BCUT2D eigenvalue weighted by Crippen LogP contribution is -2.03. The third-order valence-corrected chi connectivity index (χ3v) is 7.83. The summed E-state index contributed by atoms with van der Waals surface area (Å²) in [4.78, 5) is 9.65. The van der Waals surface area contributed by atoms with Crippen LogP contribution in [0, 0.1) is 0 Å². The highest BCUT2D eigenvalue weighted by molar-refractivity contribution is 6.11. The highest BCUT2D eigenvalue weighted by Gasteiger charge is 2.11. The molecule has 232 valence electrons. The number of fused-ring (bicyclic) bond motifs is 1. The highest BCUT2D eigenvalue weighted by Crippen LogP contribution is 2.26. The van der Waals surface area contributed by atoms with Crippen molar-refractivity contribution < 1.29 is 0 Å². The summed E-state index contributed by atoms with van der Waals surface area (Å²) in [7, 11) is 0. The van der Waals surface area contributed by atoms with Crippen molar-refractivity contribution in [3.05, 3.63) is 191 Å². The van der Waals surface area contributed by atoms with E-state index in [4.69, 9.17) is 10.7 Å². The third kappa shape index (κ3) is 9.61. The van der Waals surface area contributed by atoms with Gasteiger partial charge in [-0.25, -0.2) is 0 Å². The van der Waals surface area contributed by atoms with Crippen LogP contribution in [0.1, 0.15) is 45.1 Å². The smallest absolute Gasteiger partial charge is 0.0710 e. The molecule has 3 heteroatoms. The molecule has 0 fully saturated rings. The molecule has 0 heterocycles. The Bertz CT molecular complexity index is 1800. The number of aliphatic imine (C=N–C) groups is 2. The second-order valence-electron chi connectivity index (χ2n) is 11.1. The molecule has 0 spiro atoms. The van der Waals surface area contributed by atoms with E-state index in [2.05, 4.69) is 115 Å². The van der Waals surface area contributed by atoms with Gasteiger partial charge in [0.05, 0.1) is 18.0 Å². The molecule has 2 aromatic rings. The molecule has 0 bridgehead atoms. The fourth-order valence-corrected chi connectivity index (χ4v) is 5.40. The minimum atomic E-state index is 0.527. The van der Waals surface area contributed by atoms with Gasteiger partial charge in [0.25, 0.3) is 0 Å². The van der Waals surface area contributed by atoms with Gasteiger partial charge in [-0.1, -0.05) is 128 Å². The maximum absolute atomic E-state index is 5.98. The van der Waals surface area contributed by atoms with E-state index in [0.29, 0.717) is 12.2 Å². The van der Waals surface area contributed by atoms with Crippen molar-refractivity contribution in [1.29, 1.82) is 0 Å². The Hall–Kier alpha value is -5.28. The van der Waals surface area contributed by atoms with Gasteiger partial charge in [0, 0.05) is 6.20 Å². The second-order valence-corrected chi connectivity index (χ2v) is 11.1. The second kappa shape index (κ2) is 17.9. The number of nitrogens with two attached hydrogens (primary N) is 1. The summed E-state index contributed by atoms with van der Waals surface area (Å²) in [5.41, 5.74) is 14.9. The standard InChI is InChI=1S/C43H45N3/c1-5-16-39(41(31-44)17-6-2)28-33(3)42(45-4)30-43(46-32-34-24-25-37-21-14-15-23-40(37)29-34)38-22-11-9-7-8-10-18-35-19-12-13-20-36(35)26-27-38/h5-8,10-12,14-19,21-25,27-31H,3-4,9,13,20,26,32,44H2,1-2H3/b8-7+,16-5-,17-6-,18-10-,22-11-,38-27+,39-28+,41-31+,42-30-,46-43+. The third-order valence-electron chi connectivity index (χ3n) is 7.83. The van der Waals surface area contributed by atoms with E-state index in [1.165, 1.54) is 21.9 Å². The van der Waals surface area contributed by atoms with Gasteiger partial charge in [0.15, 0.2) is 0 Å². The quantitative estimate of drug-likeness (QED) is 0.213. The predicted octanol–water partition coefficient (Wildman–Crippen LogP) is 10.9. The molecule has 0 radical (unpaired) electrons. The Morgan fingerprint density at radius 3 is 2.48 bits per heavy atom. The number of nitrogens with zero attached hydrogens (tertiary/aromatic N) is 2. The molecule has 0 amide bonds. The van der Waals surface area contributed by atoms with Crippen LogP contribution in [0.15, 0.2) is 196 Å². The zero-order valence-corrected chi connectivity index (χ0v) is 27.2. The molecule has 0 aromatic heterocycles. The fourth-order valence-electron chi connectivity index (χ4n) is 5.40. The summed E-state index contributed by atoms with van der Waals surface area (Å²) in [5, 5.41) is 2.42. The highest BCUT2D eigenvalue weighted by atomic mass is 14.8. The largest absolute Gasteiger partial charge is 0.404 e. The summed E-state index contributed by atoms with van der Waals surface area (Å²) in [6, 6.07) is 14.9. The molecule has 3 nitrogen and oxygen atoms in total. The normalized spacial score (nSPS) is 20.2. The maximum atomic E-state index is 5.98. The van der Waals surface area contributed by atoms with Crippen molar-refractivity contribution in [2.24, 2.45) is 15.7 Å². The molecule has 0 saturated carbocycles. The van der Waals surface area contributed by atoms with Crippen LogP contribution in [0.25, 0.3) is 10.8 Å². The molecule has 4 rings (SSSR count). The molecular formula is C43H45N3. The van der Waals surface area contributed by atoms with Crippen molar-refractivity contribution in [3.63, 3.8) is 0 Å². The number of hydrogen-bond donors (Lipinski definition) is 1. The van der Waals surface area contributed by atoms with E-state index >= 15 is 0 Å². The van der Waals surface area contributed by atoms with Crippen LogP contribution in [-0.4, -0.2) is 12.4 Å². The van der Waals surface area contributed by atoms with Gasteiger partial charge < -0.3 is 5.73 Å². The minimum absolute atomic E-state index is 0.527. The first-order valence-corrected chi connectivity index (χ1v) is 15.9. The number of allylic oxidation sites excluding steroid dienone is 20. The zero-order valence-electron chi connectivity index (χ0n) is 27.2.